The highest BCUT2D eigenvalue weighted by Crippen LogP contribution is 2.19. The van der Waals surface area contributed by atoms with Crippen molar-refractivity contribution in [3.8, 4) is 0 Å². The highest BCUT2D eigenvalue weighted by molar-refractivity contribution is 5.42. The predicted molar refractivity (Wildman–Crippen MR) is 50.6 cm³/mol. The Morgan fingerprint density at radius 2 is 2.23 bits per heavy atom. The zero-order chi connectivity index (χ0) is 9.84. The fourth-order valence-corrected chi connectivity index (χ4v) is 1.22. The van der Waals surface area contributed by atoms with Crippen LogP contribution >= 0.6 is 0 Å². The zero-order valence-corrected chi connectivity index (χ0v) is 7.70. The third-order valence-electron chi connectivity index (χ3n) is 1.80. The van der Waals surface area contributed by atoms with Crippen LogP contribution in [0.25, 0.3) is 0 Å². The van der Waals surface area contributed by atoms with Gasteiger partial charge in [0.25, 0.3) is 5.69 Å². The standard InChI is InChI=1S/C9H12N2O2/c1-7-3-4-9(11(12)13)8(5-7)6-10-2/h3-5,10H,6H2,1-2H3. The van der Waals surface area contributed by atoms with E-state index < -0.39 is 0 Å². The van der Waals surface area contributed by atoms with Gasteiger partial charge in [0.1, 0.15) is 0 Å². The highest BCUT2D eigenvalue weighted by atomic mass is 16.6. The van der Waals surface area contributed by atoms with Gasteiger partial charge in [0.2, 0.25) is 0 Å². The van der Waals surface area contributed by atoms with Gasteiger partial charge in [-0.05, 0) is 20.0 Å². The van der Waals surface area contributed by atoms with Crippen molar-refractivity contribution in [3.63, 3.8) is 0 Å². The molecule has 1 aromatic rings. The fraction of sp³-hybridized carbons (Fsp3) is 0.333. The summed E-state index contributed by atoms with van der Waals surface area (Å²) in [6, 6.07) is 5.12. The van der Waals surface area contributed by atoms with Gasteiger partial charge in [0, 0.05) is 18.2 Å². The molecule has 0 saturated heterocycles. The maximum Gasteiger partial charge on any atom is 0.273 e. The monoisotopic (exact) mass is 180 g/mol. The first-order valence-corrected chi connectivity index (χ1v) is 4.03. The lowest BCUT2D eigenvalue weighted by molar-refractivity contribution is -0.385. The van der Waals surface area contributed by atoms with E-state index >= 15 is 0 Å². The number of hydrogen-bond donors (Lipinski definition) is 1. The van der Waals surface area contributed by atoms with Crippen LogP contribution in [-0.4, -0.2) is 12.0 Å². The molecule has 1 rings (SSSR count). The van der Waals surface area contributed by atoms with Gasteiger partial charge in [-0.25, -0.2) is 0 Å². The normalized spacial score (nSPS) is 10.0. The van der Waals surface area contributed by atoms with Crippen molar-refractivity contribution in [2.45, 2.75) is 13.5 Å². The Bertz CT molecular complexity index is 323. The van der Waals surface area contributed by atoms with E-state index in [1.165, 1.54) is 0 Å². The first-order chi connectivity index (χ1) is 6.15. The van der Waals surface area contributed by atoms with Crippen molar-refractivity contribution in [1.29, 1.82) is 0 Å². The van der Waals surface area contributed by atoms with Gasteiger partial charge >= 0.3 is 0 Å². The molecular weight excluding hydrogens is 168 g/mol. The number of hydrogen-bond acceptors (Lipinski definition) is 3. The van der Waals surface area contributed by atoms with Crippen molar-refractivity contribution in [2.75, 3.05) is 7.05 Å². The summed E-state index contributed by atoms with van der Waals surface area (Å²) in [6.45, 7) is 2.45. The van der Waals surface area contributed by atoms with Crippen molar-refractivity contribution >= 4 is 5.69 Å². The van der Waals surface area contributed by atoms with Crippen molar-refractivity contribution in [3.05, 3.63) is 39.4 Å². The van der Waals surface area contributed by atoms with Gasteiger partial charge in [-0.15, -0.1) is 0 Å². The quantitative estimate of drug-likeness (QED) is 0.568. The molecule has 1 N–H and O–H groups in total. The van der Waals surface area contributed by atoms with Crippen LogP contribution in [-0.2, 0) is 6.54 Å². The number of rotatable bonds is 3. The fourth-order valence-electron chi connectivity index (χ4n) is 1.22. The number of benzene rings is 1. The molecule has 0 aliphatic rings. The Balaban J connectivity index is 3.10. The molecule has 0 atom stereocenters. The SMILES string of the molecule is CNCc1cc(C)ccc1[N+](=O)[O-]. The summed E-state index contributed by atoms with van der Waals surface area (Å²) in [6.07, 6.45) is 0. The molecule has 0 fully saturated rings. The molecule has 0 bridgehead atoms. The lowest BCUT2D eigenvalue weighted by atomic mass is 10.1. The van der Waals surface area contributed by atoms with Gasteiger partial charge < -0.3 is 5.32 Å². The molecule has 0 aliphatic heterocycles. The molecule has 4 nitrogen and oxygen atoms in total. The molecule has 0 heterocycles. The molecule has 0 aliphatic carbocycles. The Kier molecular flexibility index (Phi) is 2.97. The minimum absolute atomic E-state index is 0.181. The molecular formula is C9H12N2O2. The minimum Gasteiger partial charge on any atom is -0.315 e. The molecule has 0 spiro atoms. The summed E-state index contributed by atoms with van der Waals surface area (Å²) in [5.74, 6) is 0. The van der Waals surface area contributed by atoms with Crippen LogP contribution in [0.2, 0.25) is 0 Å². The van der Waals surface area contributed by atoms with Crippen LogP contribution in [0.4, 0.5) is 5.69 Å². The number of aryl methyl sites for hydroxylation is 1. The number of nitrogens with one attached hydrogen (secondary N) is 1. The van der Waals surface area contributed by atoms with E-state index in [0.717, 1.165) is 11.1 Å². The molecule has 0 radical (unpaired) electrons. The average molecular weight is 180 g/mol. The zero-order valence-electron chi connectivity index (χ0n) is 7.70. The van der Waals surface area contributed by atoms with Gasteiger partial charge in [0.05, 0.1) is 4.92 Å². The molecule has 70 valence electrons. The summed E-state index contributed by atoms with van der Waals surface area (Å²) in [5, 5.41) is 13.5. The largest absolute Gasteiger partial charge is 0.315 e. The first-order valence-electron chi connectivity index (χ1n) is 4.03. The van der Waals surface area contributed by atoms with E-state index in [9.17, 15) is 10.1 Å². The summed E-state index contributed by atoms with van der Waals surface area (Å²) >= 11 is 0. The van der Waals surface area contributed by atoms with Gasteiger partial charge in [-0.3, -0.25) is 10.1 Å². The topological polar surface area (TPSA) is 55.2 Å². The van der Waals surface area contributed by atoms with Crippen molar-refractivity contribution in [1.82, 2.24) is 5.32 Å². The maximum absolute atomic E-state index is 10.6. The molecule has 13 heavy (non-hydrogen) atoms. The summed E-state index contributed by atoms with van der Waals surface area (Å²) < 4.78 is 0. The average Bonchev–Trinajstić information content (AvgIpc) is 2.04. The van der Waals surface area contributed by atoms with E-state index in [4.69, 9.17) is 0 Å². The predicted octanol–water partition coefficient (Wildman–Crippen LogP) is 1.62. The Hall–Kier alpha value is -1.42. The van der Waals surface area contributed by atoms with Crippen LogP contribution in [0, 0.1) is 17.0 Å². The number of nitrogens with zero attached hydrogens (tertiary/aromatic N) is 1. The van der Waals surface area contributed by atoms with Gasteiger partial charge in [-0.2, -0.15) is 0 Å². The van der Waals surface area contributed by atoms with Crippen molar-refractivity contribution < 1.29 is 4.92 Å². The van der Waals surface area contributed by atoms with Crippen LogP contribution in [0.3, 0.4) is 0 Å². The van der Waals surface area contributed by atoms with E-state index in [0.29, 0.717) is 6.54 Å². The second-order valence-electron chi connectivity index (χ2n) is 2.92. The summed E-state index contributed by atoms with van der Waals surface area (Å²) in [7, 11) is 1.77. The van der Waals surface area contributed by atoms with Gasteiger partial charge in [0.15, 0.2) is 0 Å². The number of nitro groups is 1. The molecule has 0 unspecified atom stereocenters. The molecule has 0 saturated carbocycles. The van der Waals surface area contributed by atoms with E-state index in [2.05, 4.69) is 5.32 Å². The molecule has 4 heteroatoms. The molecule has 0 aromatic heterocycles. The van der Waals surface area contributed by atoms with Crippen LogP contribution < -0.4 is 5.32 Å². The third-order valence-corrected chi connectivity index (χ3v) is 1.80. The second-order valence-corrected chi connectivity index (χ2v) is 2.92. The van der Waals surface area contributed by atoms with Crippen LogP contribution in [0.5, 0.6) is 0 Å². The third kappa shape index (κ3) is 2.26. The lowest BCUT2D eigenvalue weighted by Gasteiger charge is -2.02. The van der Waals surface area contributed by atoms with E-state index in [1.54, 1.807) is 19.2 Å². The Morgan fingerprint density at radius 1 is 1.54 bits per heavy atom. The summed E-state index contributed by atoms with van der Waals surface area (Å²) in [5.41, 5.74) is 1.95. The smallest absolute Gasteiger partial charge is 0.273 e. The van der Waals surface area contributed by atoms with Gasteiger partial charge in [-0.1, -0.05) is 11.6 Å². The Morgan fingerprint density at radius 3 is 2.77 bits per heavy atom. The van der Waals surface area contributed by atoms with E-state index in [-0.39, 0.29) is 10.6 Å². The van der Waals surface area contributed by atoms with E-state index in [1.807, 2.05) is 13.0 Å². The van der Waals surface area contributed by atoms with Crippen molar-refractivity contribution in [2.24, 2.45) is 0 Å². The van der Waals surface area contributed by atoms with Crippen LogP contribution in [0.1, 0.15) is 11.1 Å². The molecule has 1 aromatic carbocycles. The molecule has 0 amide bonds. The number of nitro benzene ring substituents is 1. The Labute approximate surface area is 76.7 Å². The lowest BCUT2D eigenvalue weighted by Crippen LogP contribution is -2.07. The summed E-state index contributed by atoms with van der Waals surface area (Å²) in [4.78, 5) is 10.2. The van der Waals surface area contributed by atoms with Crippen LogP contribution in [0.15, 0.2) is 18.2 Å². The second kappa shape index (κ2) is 4.00. The highest BCUT2D eigenvalue weighted by Gasteiger charge is 2.11. The first kappa shape index (κ1) is 9.67. The minimum atomic E-state index is -0.355. The maximum atomic E-state index is 10.6.